The van der Waals surface area contributed by atoms with Crippen molar-refractivity contribution in [3.63, 3.8) is 0 Å². The fourth-order valence-electron chi connectivity index (χ4n) is 3.09. The molecule has 0 aliphatic rings. The Bertz CT molecular complexity index is 1330. The molecule has 0 unspecified atom stereocenters. The Morgan fingerprint density at radius 1 is 1.17 bits per heavy atom. The monoisotopic (exact) mass is 517 g/mol. The molecule has 1 aromatic heterocycles. The second kappa shape index (κ2) is 9.95. The highest BCUT2D eigenvalue weighted by molar-refractivity contribution is 6.06. The first-order chi connectivity index (χ1) is 16.8. The van der Waals surface area contributed by atoms with Crippen LogP contribution in [0.1, 0.15) is 24.2 Å². The van der Waals surface area contributed by atoms with Crippen LogP contribution in [0.3, 0.4) is 0 Å². The van der Waals surface area contributed by atoms with Gasteiger partial charge in [0.2, 0.25) is 5.95 Å². The van der Waals surface area contributed by atoms with E-state index in [1.807, 2.05) is 5.32 Å². The molecule has 2 aromatic carbocycles. The quantitative estimate of drug-likeness (QED) is 0.479. The van der Waals surface area contributed by atoms with E-state index in [0.717, 1.165) is 22.8 Å². The molecular formula is C22H21F6N5O3. The fraction of sp³-hybridized carbons (Fsp3) is 0.318. The number of benzene rings is 2. The first-order valence-corrected chi connectivity index (χ1v) is 10.5. The number of carbonyl (C=O) groups excluding carboxylic acids is 1. The third-order valence-electron chi connectivity index (χ3n) is 5.26. The molecule has 3 aromatic rings. The molecule has 8 nitrogen and oxygen atoms in total. The molecule has 36 heavy (non-hydrogen) atoms. The Kier molecular flexibility index (Phi) is 7.36. The molecule has 0 spiro atoms. The van der Waals surface area contributed by atoms with E-state index in [0.29, 0.717) is 30.3 Å². The van der Waals surface area contributed by atoms with E-state index in [2.05, 4.69) is 5.10 Å². The number of anilines is 2. The summed E-state index contributed by atoms with van der Waals surface area (Å²) >= 11 is 0. The number of amides is 1. The molecule has 0 saturated heterocycles. The third kappa shape index (κ3) is 5.16. The maximum Gasteiger partial charge on any atom is 0.425 e. The zero-order valence-electron chi connectivity index (χ0n) is 19.5. The van der Waals surface area contributed by atoms with Crippen molar-refractivity contribution in [3.8, 4) is 11.4 Å². The summed E-state index contributed by atoms with van der Waals surface area (Å²) in [6.07, 6.45) is -7.34. The van der Waals surface area contributed by atoms with Gasteiger partial charge in [-0.1, -0.05) is 6.07 Å². The molecule has 1 N–H and O–H groups in total. The molecule has 1 amide bonds. The van der Waals surface area contributed by atoms with Crippen LogP contribution in [0.15, 0.2) is 35.1 Å². The van der Waals surface area contributed by atoms with Gasteiger partial charge in [-0.15, -0.1) is 5.10 Å². The highest BCUT2D eigenvalue weighted by Gasteiger charge is 2.39. The van der Waals surface area contributed by atoms with Crippen molar-refractivity contribution in [2.45, 2.75) is 26.1 Å². The van der Waals surface area contributed by atoms with Crippen molar-refractivity contribution in [2.24, 2.45) is 7.05 Å². The zero-order chi connectivity index (χ0) is 26.9. The minimum absolute atomic E-state index is 0.130. The normalized spacial score (nSPS) is 12.4. The number of nitrogens with zero attached hydrogens (tertiary/aromatic N) is 4. The Morgan fingerprint density at radius 3 is 2.33 bits per heavy atom. The SMILES string of the molecule is CCN(C)c1nn(-c2cc(O[C@@H](C)C(F)(F)F)c(C(=O)Nc3c(F)cccc3F)cc2F)c(=O)n1C. The number of nitrogens with one attached hydrogen (secondary N) is 1. The molecule has 1 atom stereocenters. The Labute approximate surface area is 200 Å². The predicted octanol–water partition coefficient (Wildman–Crippen LogP) is 4.03. The van der Waals surface area contributed by atoms with Gasteiger partial charge >= 0.3 is 11.9 Å². The standard InChI is InChI=1S/C22H21F6N5O3/c1-5-31(3)20-30-33(21(35)32(20)4)16-10-17(36-11(2)22(26,27)28)12(9-15(16)25)19(34)29-18-13(23)7-6-8-14(18)24/h6-11H,5H2,1-4H3,(H,29,34)/t11-/m0/s1. The van der Waals surface area contributed by atoms with Gasteiger partial charge in [0.25, 0.3) is 5.91 Å². The van der Waals surface area contributed by atoms with Gasteiger partial charge in [-0.05, 0) is 32.0 Å². The van der Waals surface area contributed by atoms with Crippen molar-refractivity contribution < 1.29 is 35.9 Å². The summed E-state index contributed by atoms with van der Waals surface area (Å²) in [5, 5.41) is 5.89. The Balaban J connectivity index is 2.16. The molecule has 3 rings (SSSR count). The predicted molar refractivity (Wildman–Crippen MR) is 118 cm³/mol. The number of hydrogen-bond acceptors (Lipinski definition) is 5. The molecule has 14 heteroatoms. The smallest absolute Gasteiger partial charge is 0.425 e. The van der Waals surface area contributed by atoms with Crippen LogP contribution in [0, 0.1) is 17.5 Å². The minimum atomic E-state index is -4.88. The van der Waals surface area contributed by atoms with Gasteiger partial charge in [0.05, 0.1) is 5.56 Å². The Morgan fingerprint density at radius 2 is 1.78 bits per heavy atom. The van der Waals surface area contributed by atoms with Gasteiger partial charge in [0.1, 0.15) is 34.6 Å². The molecule has 0 saturated carbocycles. The van der Waals surface area contributed by atoms with Crippen molar-refractivity contribution in [1.82, 2.24) is 14.3 Å². The van der Waals surface area contributed by atoms with E-state index in [1.165, 1.54) is 7.05 Å². The average molecular weight is 517 g/mol. The lowest BCUT2D eigenvalue weighted by Crippen LogP contribution is -2.32. The summed E-state index contributed by atoms with van der Waals surface area (Å²) in [7, 11) is 2.97. The van der Waals surface area contributed by atoms with Crippen molar-refractivity contribution in [3.05, 3.63) is 63.8 Å². The number of hydrogen-bond donors (Lipinski definition) is 1. The van der Waals surface area contributed by atoms with E-state index < -0.39 is 64.0 Å². The Hall–Kier alpha value is -3.97. The minimum Gasteiger partial charge on any atom is -0.480 e. The van der Waals surface area contributed by atoms with Crippen LogP contribution in [0.5, 0.6) is 5.75 Å². The van der Waals surface area contributed by atoms with E-state index in [-0.39, 0.29) is 5.95 Å². The average Bonchev–Trinajstić information content (AvgIpc) is 3.10. The van der Waals surface area contributed by atoms with Crippen LogP contribution in [0.2, 0.25) is 0 Å². The van der Waals surface area contributed by atoms with Gasteiger partial charge in [-0.2, -0.15) is 17.9 Å². The van der Waals surface area contributed by atoms with Gasteiger partial charge in [-0.3, -0.25) is 9.36 Å². The molecular weight excluding hydrogens is 496 g/mol. The molecule has 0 aliphatic heterocycles. The lowest BCUT2D eigenvalue weighted by Gasteiger charge is -2.20. The molecule has 0 fully saturated rings. The van der Waals surface area contributed by atoms with E-state index in [9.17, 15) is 31.5 Å². The number of halogens is 6. The molecule has 1 heterocycles. The van der Waals surface area contributed by atoms with Gasteiger partial charge < -0.3 is 15.0 Å². The summed E-state index contributed by atoms with van der Waals surface area (Å²) in [5.41, 5.74) is -3.13. The summed E-state index contributed by atoms with van der Waals surface area (Å²) < 4.78 is 89.2. The highest BCUT2D eigenvalue weighted by Crippen LogP contribution is 2.31. The number of carbonyl (C=O) groups is 1. The van der Waals surface area contributed by atoms with Crippen LogP contribution in [-0.2, 0) is 7.05 Å². The lowest BCUT2D eigenvalue weighted by atomic mass is 10.1. The second-order valence-corrected chi connectivity index (χ2v) is 7.72. The third-order valence-corrected chi connectivity index (χ3v) is 5.26. The summed E-state index contributed by atoms with van der Waals surface area (Å²) in [4.78, 5) is 27.0. The lowest BCUT2D eigenvalue weighted by molar-refractivity contribution is -0.189. The number of aromatic nitrogens is 3. The second-order valence-electron chi connectivity index (χ2n) is 7.72. The molecule has 0 bridgehead atoms. The topological polar surface area (TPSA) is 81.4 Å². The van der Waals surface area contributed by atoms with E-state index >= 15 is 4.39 Å². The largest absolute Gasteiger partial charge is 0.480 e. The van der Waals surface area contributed by atoms with Crippen LogP contribution in [0.25, 0.3) is 5.69 Å². The zero-order valence-corrected chi connectivity index (χ0v) is 19.5. The number of para-hydroxylation sites is 1. The summed E-state index contributed by atoms with van der Waals surface area (Å²) in [6.45, 7) is 2.83. The molecule has 0 aliphatic carbocycles. The summed E-state index contributed by atoms with van der Waals surface area (Å²) in [5.74, 6) is -5.59. The van der Waals surface area contributed by atoms with Crippen molar-refractivity contribution >= 4 is 17.5 Å². The molecule has 194 valence electrons. The summed E-state index contributed by atoms with van der Waals surface area (Å²) in [6, 6.07) is 3.89. The van der Waals surface area contributed by atoms with Gasteiger partial charge in [0.15, 0.2) is 6.10 Å². The maximum atomic E-state index is 15.1. The first-order valence-electron chi connectivity index (χ1n) is 10.5. The van der Waals surface area contributed by atoms with Crippen LogP contribution < -0.4 is 20.6 Å². The van der Waals surface area contributed by atoms with Crippen LogP contribution >= 0.6 is 0 Å². The van der Waals surface area contributed by atoms with Crippen molar-refractivity contribution in [1.29, 1.82) is 0 Å². The maximum absolute atomic E-state index is 15.1. The highest BCUT2D eigenvalue weighted by atomic mass is 19.4. The van der Waals surface area contributed by atoms with Gasteiger partial charge in [0, 0.05) is 26.7 Å². The van der Waals surface area contributed by atoms with Crippen molar-refractivity contribution in [2.75, 3.05) is 23.8 Å². The van der Waals surface area contributed by atoms with Crippen LogP contribution in [0.4, 0.5) is 38.0 Å². The van der Waals surface area contributed by atoms with E-state index in [4.69, 9.17) is 4.74 Å². The first kappa shape index (κ1) is 26.6. The fourth-order valence-corrected chi connectivity index (χ4v) is 3.09. The van der Waals surface area contributed by atoms with Crippen LogP contribution in [-0.4, -0.2) is 46.1 Å². The van der Waals surface area contributed by atoms with Gasteiger partial charge in [-0.25, -0.2) is 18.0 Å². The number of rotatable bonds is 7. The number of alkyl halides is 3. The molecule has 0 radical (unpaired) electrons. The number of ether oxygens (including phenoxy) is 1. The van der Waals surface area contributed by atoms with E-state index in [1.54, 1.807) is 18.9 Å².